The van der Waals surface area contributed by atoms with Crippen molar-refractivity contribution < 1.29 is 8.42 Å². The van der Waals surface area contributed by atoms with E-state index in [2.05, 4.69) is 10.2 Å². The lowest BCUT2D eigenvalue weighted by Gasteiger charge is -1.95. The van der Waals surface area contributed by atoms with Crippen LogP contribution in [0.1, 0.15) is 0 Å². The van der Waals surface area contributed by atoms with E-state index >= 15 is 0 Å². The summed E-state index contributed by atoms with van der Waals surface area (Å²) in [6.07, 6.45) is 3.95. The number of nitrogens with zero attached hydrogens (tertiary/aromatic N) is 2. The Hall–Kier alpha value is -0.710. The van der Waals surface area contributed by atoms with Crippen LogP contribution >= 0.6 is 0 Å². The number of hydrogen-bond donors (Lipinski definition) is 0. The van der Waals surface area contributed by atoms with Crippen molar-refractivity contribution in [2.24, 2.45) is 10.2 Å². The second-order valence-electron chi connectivity index (χ2n) is 1.79. The summed E-state index contributed by atoms with van der Waals surface area (Å²) in [5.74, 6) is 0. The van der Waals surface area contributed by atoms with Crippen LogP contribution in [0.4, 0.5) is 0 Å². The molecule has 1 rings (SSSR count). The van der Waals surface area contributed by atoms with E-state index in [4.69, 9.17) is 0 Å². The van der Waals surface area contributed by atoms with E-state index in [0.29, 0.717) is 0 Å². The Morgan fingerprint density at radius 2 is 2.22 bits per heavy atom. The number of azo groups is 1. The molecule has 0 aromatic heterocycles. The average Bonchev–Trinajstić information content (AvgIpc) is 2.08. The number of hydrogen-bond acceptors (Lipinski definition) is 4. The fraction of sp³-hybridized carbons (Fsp3) is 0.500. The molecule has 0 aromatic rings. The molecule has 4 nitrogen and oxygen atoms in total. The second kappa shape index (κ2) is 1.91. The van der Waals surface area contributed by atoms with Crippen molar-refractivity contribution in [1.29, 1.82) is 0 Å². The minimum absolute atomic E-state index is 0.738. The molecular formula is C4H6N2O2S. The molecule has 1 atom stereocenters. The van der Waals surface area contributed by atoms with Crippen LogP contribution in [0, 0.1) is 0 Å². The minimum atomic E-state index is -3.05. The van der Waals surface area contributed by atoms with Crippen LogP contribution in [0.2, 0.25) is 0 Å². The van der Waals surface area contributed by atoms with Gasteiger partial charge >= 0.3 is 0 Å². The Kier molecular flexibility index (Phi) is 1.36. The van der Waals surface area contributed by atoms with Gasteiger partial charge in [0.2, 0.25) is 0 Å². The third kappa shape index (κ3) is 1.35. The van der Waals surface area contributed by atoms with Crippen LogP contribution < -0.4 is 0 Å². The third-order valence-electron chi connectivity index (χ3n) is 0.937. The Morgan fingerprint density at radius 3 is 2.44 bits per heavy atom. The van der Waals surface area contributed by atoms with E-state index in [9.17, 15) is 8.42 Å². The standard InChI is InChI=1S/C4H6N2O2S/c1-9(7,8)4-2-3-5-6-4/h2-4H,1H3. The molecule has 0 fully saturated rings. The summed E-state index contributed by atoms with van der Waals surface area (Å²) in [5.41, 5.74) is 0. The highest BCUT2D eigenvalue weighted by Gasteiger charge is 2.18. The first kappa shape index (κ1) is 6.41. The predicted molar refractivity (Wildman–Crippen MR) is 32.6 cm³/mol. The van der Waals surface area contributed by atoms with Gasteiger partial charge in [-0.25, -0.2) is 8.42 Å². The SMILES string of the molecule is CS(=O)(=O)C1C=CN=N1. The van der Waals surface area contributed by atoms with E-state index in [1.807, 2.05) is 0 Å². The van der Waals surface area contributed by atoms with Gasteiger partial charge in [-0.05, 0) is 6.08 Å². The third-order valence-corrected chi connectivity index (χ3v) is 2.07. The quantitative estimate of drug-likeness (QED) is 0.535. The van der Waals surface area contributed by atoms with Gasteiger partial charge in [0.1, 0.15) is 0 Å². The molecule has 0 aromatic carbocycles. The lowest BCUT2D eigenvalue weighted by atomic mass is 10.6. The van der Waals surface area contributed by atoms with Crippen molar-refractivity contribution in [2.75, 3.05) is 6.26 Å². The van der Waals surface area contributed by atoms with E-state index in [-0.39, 0.29) is 0 Å². The normalized spacial score (nSPS) is 25.2. The summed E-state index contributed by atoms with van der Waals surface area (Å²) < 4.78 is 21.3. The Morgan fingerprint density at radius 1 is 1.56 bits per heavy atom. The summed E-state index contributed by atoms with van der Waals surface area (Å²) in [5, 5.41) is 6.09. The maximum atomic E-state index is 10.6. The first-order valence-corrected chi connectivity index (χ1v) is 4.31. The van der Waals surface area contributed by atoms with Gasteiger partial charge in [-0.3, -0.25) is 0 Å². The van der Waals surface area contributed by atoms with Gasteiger partial charge in [-0.2, -0.15) is 10.2 Å². The highest BCUT2D eigenvalue weighted by molar-refractivity contribution is 7.91. The van der Waals surface area contributed by atoms with Crippen molar-refractivity contribution in [3.05, 3.63) is 12.3 Å². The highest BCUT2D eigenvalue weighted by Crippen LogP contribution is 2.08. The van der Waals surface area contributed by atoms with Crippen LogP contribution in [0.5, 0.6) is 0 Å². The summed E-state index contributed by atoms with van der Waals surface area (Å²) in [6.45, 7) is 0. The van der Waals surface area contributed by atoms with Crippen molar-refractivity contribution in [3.8, 4) is 0 Å². The van der Waals surface area contributed by atoms with Gasteiger partial charge in [0.25, 0.3) is 0 Å². The van der Waals surface area contributed by atoms with E-state index in [1.54, 1.807) is 0 Å². The summed E-state index contributed by atoms with van der Waals surface area (Å²) in [6, 6.07) is 0. The molecule has 0 saturated heterocycles. The average molecular weight is 146 g/mol. The summed E-state index contributed by atoms with van der Waals surface area (Å²) >= 11 is 0. The Bertz CT molecular complexity index is 240. The molecule has 50 valence electrons. The molecule has 0 aliphatic carbocycles. The van der Waals surface area contributed by atoms with Gasteiger partial charge in [0, 0.05) is 12.5 Å². The first-order valence-electron chi connectivity index (χ1n) is 2.36. The molecule has 0 radical (unpaired) electrons. The molecule has 1 aliphatic heterocycles. The second-order valence-corrected chi connectivity index (χ2v) is 3.93. The van der Waals surface area contributed by atoms with Gasteiger partial charge in [0.05, 0.1) is 0 Å². The molecule has 1 aliphatic rings. The number of sulfone groups is 1. The topological polar surface area (TPSA) is 58.9 Å². The molecule has 0 amide bonds. The van der Waals surface area contributed by atoms with Crippen molar-refractivity contribution >= 4 is 9.84 Å². The molecule has 0 bridgehead atoms. The van der Waals surface area contributed by atoms with E-state index in [0.717, 1.165) is 6.26 Å². The molecule has 1 heterocycles. The van der Waals surface area contributed by atoms with Crippen LogP contribution in [0.25, 0.3) is 0 Å². The molecule has 0 saturated carbocycles. The lowest BCUT2D eigenvalue weighted by Crippen LogP contribution is -2.11. The van der Waals surface area contributed by atoms with Crippen molar-refractivity contribution in [3.63, 3.8) is 0 Å². The van der Waals surface area contributed by atoms with Crippen molar-refractivity contribution in [1.82, 2.24) is 0 Å². The largest absolute Gasteiger partial charge is 0.226 e. The summed E-state index contributed by atoms with van der Waals surface area (Å²) in [4.78, 5) is 0. The number of rotatable bonds is 1. The van der Waals surface area contributed by atoms with Crippen molar-refractivity contribution in [2.45, 2.75) is 5.37 Å². The molecule has 1 unspecified atom stereocenters. The molecule has 5 heteroatoms. The first-order chi connectivity index (χ1) is 4.11. The Balaban J connectivity index is 2.90. The Labute approximate surface area is 53.2 Å². The van der Waals surface area contributed by atoms with Crippen LogP contribution in [0.3, 0.4) is 0 Å². The zero-order valence-corrected chi connectivity index (χ0v) is 5.67. The lowest BCUT2D eigenvalue weighted by molar-refractivity contribution is 0.595. The van der Waals surface area contributed by atoms with Crippen LogP contribution in [0.15, 0.2) is 22.5 Å². The van der Waals surface area contributed by atoms with Gasteiger partial charge in [0.15, 0.2) is 15.2 Å². The molecule has 0 N–H and O–H groups in total. The maximum Gasteiger partial charge on any atom is 0.192 e. The van der Waals surface area contributed by atoms with Crippen LogP contribution in [-0.2, 0) is 9.84 Å². The monoisotopic (exact) mass is 146 g/mol. The fourth-order valence-corrected chi connectivity index (χ4v) is 1.06. The summed E-state index contributed by atoms with van der Waals surface area (Å²) in [7, 11) is -3.05. The minimum Gasteiger partial charge on any atom is -0.226 e. The van der Waals surface area contributed by atoms with Crippen LogP contribution in [-0.4, -0.2) is 20.0 Å². The zero-order chi connectivity index (χ0) is 6.91. The maximum absolute atomic E-state index is 10.6. The fourth-order valence-electron chi connectivity index (χ4n) is 0.483. The predicted octanol–water partition coefficient (Wildman–Crippen LogP) is 0.337. The van der Waals surface area contributed by atoms with Gasteiger partial charge in [-0.15, -0.1) is 0 Å². The molecule has 9 heavy (non-hydrogen) atoms. The van der Waals surface area contributed by atoms with E-state index < -0.39 is 15.2 Å². The molecule has 0 spiro atoms. The molecular weight excluding hydrogens is 140 g/mol. The van der Waals surface area contributed by atoms with Gasteiger partial charge < -0.3 is 0 Å². The van der Waals surface area contributed by atoms with E-state index in [1.165, 1.54) is 12.3 Å². The van der Waals surface area contributed by atoms with Gasteiger partial charge in [-0.1, -0.05) is 0 Å². The highest BCUT2D eigenvalue weighted by atomic mass is 32.2. The zero-order valence-electron chi connectivity index (χ0n) is 4.85. The smallest absolute Gasteiger partial charge is 0.192 e.